The number of benzene rings is 1. The average Bonchev–Trinajstić information content (AvgIpc) is 3.17. The van der Waals surface area contributed by atoms with Gasteiger partial charge in [0.2, 0.25) is 0 Å². The second kappa shape index (κ2) is 5.56. The molecular formula is C16H16N2S. The summed E-state index contributed by atoms with van der Waals surface area (Å²) in [5, 5.41) is 13.2. The molecule has 96 valence electrons. The van der Waals surface area contributed by atoms with E-state index in [4.69, 9.17) is 5.26 Å². The maximum absolute atomic E-state index is 8.82. The van der Waals surface area contributed by atoms with Crippen LogP contribution in [0.2, 0.25) is 0 Å². The van der Waals surface area contributed by atoms with E-state index in [2.05, 4.69) is 39.9 Å². The van der Waals surface area contributed by atoms with E-state index in [-0.39, 0.29) is 0 Å². The van der Waals surface area contributed by atoms with Gasteiger partial charge >= 0.3 is 0 Å². The minimum atomic E-state index is 0.736. The highest BCUT2D eigenvalue weighted by Crippen LogP contribution is 2.30. The van der Waals surface area contributed by atoms with E-state index >= 15 is 0 Å². The summed E-state index contributed by atoms with van der Waals surface area (Å²) >= 11 is 1.76. The summed E-state index contributed by atoms with van der Waals surface area (Å²) in [6, 6.07) is 13.1. The predicted molar refractivity (Wildman–Crippen MR) is 77.7 cm³/mol. The van der Waals surface area contributed by atoms with E-state index in [1.54, 1.807) is 11.3 Å². The van der Waals surface area contributed by atoms with Gasteiger partial charge in [0.1, 0.15) is 0 Å². The molecule has 0 spiro atoms. The van der Waals surface area contributed by atoms with Crippen LogP contribution in [0.25, 0.3) is 0 Å². The zero-order valence-electron chi connectivity index (χ0n) is 10.7. The van der Waals surface area contributed by atoms with Crippen molar-refractivity contribution in [2.24, 2.45) is 0 Å². The summed E-state index contributed by atoms with van der Waals surface area (Å²) < 4.78 is 0. The van der Waals surface area contributed by atoms with Crippen molar-refractivity contribution in [2.45, 2.75) is 32.0 Å². The summed E-state index contributed by atoms with van der Waals surface area (Å²) in [4.78, 5) is 2.55. The van der Waals surface area contributed by atoms with Crippen LogP contribution in [-0.2, 0) is 13.1 Å². The Balaban J connectivity index is 1.69. The Morgan fingerprint density at radius 2 is 1.84 bits per heavy atom. The number of nitrogens with zero attached hydrogens (tertiary/aromatic N) is 2. The monoisotopic (exact) mass is 268 g/mol. The van der Waals surface area contributed by atoms with Crippen LogP contribution in [0.15, 0.2) is 41.1 Å². The lowest BCUT2D eigenvalue weighted by molar-refractivity contribution is 0.246. The molecule has 2 aromatic rings. The molecule has 0 saturated heterocycles. The van der Waals surface area contributed by atoms with Crippen LogP contribution in [0.1, 0.15) is 29.5 Å². The van der Waals surface area contributed by atoms with E-state index in [0.717, 1.165) is 24.7 Å². The molecule has 3 heteroatoms. The van der Waals surface area contributed by atoms with Crippen molar-refractivity contribution in [3.8, 4) is 6.07 Å². The van der Waals surface area contributed by atoms with E-state index < -0.39 is 0 Å². The highest BCUT2D eigenvalue weighted by Gasteiger charge is 2.28. The SMILES string of the molecule is N#Cc1ccc(CN(Cc2ccsc2)C2CC2)cc1. The van der Waals surface area contributed by atoms with Gasteiger partial charge in [-0.1, -0.05) is 12.1 Å². The molecule has 0 aliphatic heterocycles. The zero-order valence-corrected chi connectivity index (χ0v) is 11.6. The topological polar surface area (TPSA) is 27.0 Å². The van der Waals surface area contributed by atoms with Crippen molar-refractivity contribution in [3.05, 3.63) is 57.8 Å². The first kappa shape index (κ1) is 12.4. The molecule has 1 aromatic carbocycles. The Bertz CT molecular complexity index is 562. The van der Waals surface area contributed by atoms with Gasteiger partial charge in [0.15, 0.2) is 0 Å². The quantitative estimate of drug-likeness (QED) is 0.825. The van der Waals surface area contributed by atoms with E-state index in [1.807, 2.05) is 12.1 Å². The van der Waals surface area contributed by atoms with Gasteiger partial charge in [-0.2, -0.15) is 16.6 Å². The second-order valence-electron chi connectivity index (χ2n) is 5.08. The first-order valence-corrected chi connectivity index (χ1v) is 7.53. The Morgan fingerprint density at radius 3 is 2.42 bits per heavy atom. The molecule has 0 radical (unpaired) electrons. The van der Waals surface area contributed by atoms with Crippen LogP contribution in [0, 0.1) is 11.3 Å². The van der Waals surface area contributed by atoms with Gasteiger partial charge in [0.25, 0.3) is 0 Å². The van der Waals surface area contributed by atoms with Gasteiger partial charge in [0.05, 0.1) is 11.6 Å². The molecule has 0 N–H and O–H groups in total. The Labute approximate surface area is 117 Å². The molecule has 0 bridgehead atoms. The number of hydrogen-bond acceptors (Lipinski definition) is 3. The maximum atomic E-state index is 8.82. The van der Waals surface area contributed by atoms with Gasteiger partial charge in [-0.25, -0.2) is 0 Å². The summed E-state index contributed by atoms with van der Waals surface area (Å²) in [5.41, 5.74) is 3.44. The van der Waals surface area contributed by atoms with Crippen molar-refractivity contribution < 1.29 is 0 Å². The summed E-state index contributed by atoms with van der Waals surface area (Å²) in [6.07, 6.45) is 2.64. The third-order valence-corrected chi connectivity index (χ3v) is 4.23. The van der Waals surface area contributed by atoms with Crippen molar-refractivity contribution in [1.29, 1.82) is 5.26 Å². The average molecular weight is 268 g/mol. The standard InChI is InChI=1S/C16H16N2S/c17-9-13-1-3-14(4-2-13)10-18(16-5-6-16)11-15-7-8-19-12-15/h1-4,7-8,12,16H,5-6,10-11H2. The fourth-order valence-electron chi connectivity index (χ4n) is 2.29. The van der Waals surface area contributed by atoms with Gasteiger partial charge in [-0.3, -0.25) is 4.90 Å². The molecule has 1 saturated carbocycles. The van der Waals surface area contributed by atoms with Crippen LogP contribution in [0.4, 0.5) is 0 Å². The predicted octanol–water partition coefficient (Wildman–Crippen LogP) is 3.78. The summed E-state index contributed by atoms with van der Waals surface area (Å²) in [5.74, 6) is 0. The van der Waals surface area contributed by atoms with Crippen LogP contribution < -0.4 is 0 Å². The molecular weight excluding hydrogens is 252 g/mol. The van der Waals surface area contributed by atoms with Gasteiger partial charge in [0, 0.05) is 19.1 Å². The minimum Gasteiger partial charge on any atom is -0.292 e. The molecule has 19 heavy (non-hydrogen) atoms. The molecule has 1 aromatic heterocycles. The maximum Gasteiger partial charge on any atom is 0.0991 e. The largest absolute Gasteiger partial charge is 0.292 e. The van der Waals surface area contributed by atoms with E-state index in [9.17, 15) is 0 Å². The summed E-state index contributed by atoms with van der Waals surface area (Å²) in [6.45, 7) is 2.01. The van der Waals surface area contributed by atoms with Crippen LogP contribution in [0.3, 0.4) is 0 Å². The van der Waals surface area contributed by atoms with Crippen LogP contribution >= 0.6 is 11.3 Å². The highest BCUT2D eigenvalue weighted by atomic mass is 32.1. The Morgan fingerprint density at radius 1 is 1.11 bits per heavy atom. The van der Waals surface area contributed by atoms with Crippen molar-refractivity contribution in [3.63, 3.8) is 0 Å². The van der Waals surface area contributed by atoms with E-state index in [1.165, 1.54) is 24.0 Å². The fourth-order valence-corrected chi connectivity index (χ4v) is 2.95. The third-order valence-electron chi connectivity index (χ3n) is 3.50. The highest BCUT2D eigenvalue weighted by molar-refractivity contribution is 7.07. The van der Waals surface area contributed by atoms with E-state index in [0.29, 0.717) is 0 Å². The fraction of sp³-hybridized carbons (Fsp3) is 0.312. The smallest absolute Gasteiger partial charge is 0.0991 e. The Kier molecular flexibility index (Phi) is 3.63. The lowest BCUT2D eigenvalue weighted by atomic mass is 10.1. The number of hydrogen-bond donors (Lipinski definition) is 0. The lowest BCUT2D eigenvalue weighted by Crippen LogP contribution is -2.24. The minimum absolute atomic E-state index is 0.736. The van der Waals surface area contributed by atoms with Crippen LogP contribution in [-0.4, -0.2) is 10.9 Å². The molecule has 0 unspecified atom stereocenters. The molecule has 3 rings (SSSR count). The lowest BCUT2D eigenvalue weighted by Gasteiger charge is -2.21. The molecule has 1 fully saturated rings. The first-order chi connectivity index (χ1) is 9.35. The number of nitriles is 1. The zero-order chi connectivity index (χ0) is 13.1. The molecule has 2 nitrogen and oxygen atoms in total. The number of thiophene rings is 1. The van der Waals surface area contributed by atoms with Crippen molar-refractivity contribution in [2.75, 3.05) is 0 Å². The Hall–Kier alpha value is -1.63. The van der Waals surface area contributed by atoms with Gasteiger partial charge in [-0.15, -0.1) is 0 Å². The molecule has 0 atom stereocenters. The molecule has 0 amide bonds. The van der Waals surface area contributed by atoms with Crippen LogP contribution in [0.5, 0.6) is 0 Å². The third kappa shape index (κ3) is 3.23. The summed E-state index contributed by atoms with van der Waals surface area (Å²) in [7, 11) is 0. The van der Waals surface area contributed by atoms with Gasteiger partial charge in [-0.05, 0) is 52.9 Å². The van der Waals surface area contributed by atoms with Crippen molar-refractivity contribution >= 4 is 11.3 Å². The normalized spacial score (nSPS) is 14.5. The number of rotatable bonds is 5. The van der Waals surface area contributed by atoms with Gasteiger partial charge < -0.3 is 0 Å². The van der Waals surface area contributed by atoms with Crippen molar-refractivity contribution in [1.82, 2.24) is 4.90 Å². The molecule has 1 aliphatic carbocycles. The first-order valence-electron chi connectivity index (χ1n) is 6.59. The molecule has 1 heterocycles. The second-order valence-corrected chi connectivity index (χ2v) is 5.86. The molecule has 1 aliphatic rings.